The molecule has 0 aliphatic carbocycles. The van der Waals surface area contributed by atoms with Crippen molar-refractivity contribution in [2.45, 2.75) is 32.9 Å². The van der Waals surface area contributed by atoms with Gasteiger partial charge in [-0.3, -0.25) is 4.98 Å². The Morgan fingerprint density at radius 2 is 2.00 bits per heavy atom. The summed E-state index contributed by atoms with van der Waals surface area (Å²) in [6.07, 6.45) is 1.60. The summed E-state index contributed by atoms with van der Waals surface area (Å²) in [6.45, 7) is 6.93. The highest BCUT2D eigenvalue weighted by Gasteiger charge is 2.10. The van der Waals surface area contributed by atoms with E-state index in [0.717, 1.165) is 5.69 Å². The molecule has 0 bridgehead atoms. The summed E-state index contributed by atoms with van der Waals surface area (Å²) >= 11 is 11.7. The highest BCUT2D eigenvalue weighted by Crippen LogP contribution is 2.18. The first-order chi connectivity index (χ1) is 6.38. The van der Waals surface area contributed by atoms with Crippen molar-refractivity contribution < 1.29 is 0 Å². The van der Waals surface area contributed by atoms with Gasteiger partial charge in [-0.15, -0.1) is 0 Å². The third-order valence-corrected chi connectivity index (χ3v) is 2.20. The maximum atomic E-state index is 5.97. The molecule has 4 heteroatoms. The van der Waals surface area contributed by atoms with Crippen LogP contribution in [0.25, 0.3) is 0 Å². The van der Waals surface area contributed by atoms with E-state index in [2.05, 4.69) is 31.1 Å². The zero-order valence-electron chi connectivity index (χ0n) is 8.56. The van der Waals surface area contributed by atoms with E-state index in [-0.39, 0.29) is 5.54 Å². The predicted octanol–water partition coefficient (Wildman–Crippen LogP) is 3.28. The molecule has 0 spiro atoms. The van der Waals surface area contributed by atoms with Crippen LogP contribution in [0.1, 0.15) is 26.5 Å². The minimum atomic E-state index is 0.0602. The molecule has 0 aromatic carbocycles. The molecule has 1 N–H and O–H groups in total. The number of pyridine rings is 1. The molecule has 0 atom stereocenters. The van der Waals surface area contributed by atoms with Crippen LogP contribution in [0.5, 0.6) is 0 Å². The van der Waals surface area contributed by atoms with E-state index < -0.39 is 0 Å². The lowest BCUT2D eigenvalue weighted by molar-refractivity contribution is 0.421. The fraction of sp³-hybridized carbons (Fsp3) is 0.500. The van der Waals surface area contributed by atoms with Crippen LogP contribution in [-0.4, -0.2) is 10.5 Å². The quantitative estimate of drug-likeness (QED) is 0.847. The molecule has 1 heterocycles. The molecule has 0 aliphatic heterocycles. The largest absolute Gasteiger partial charge is 0.306 e. The maximum absolute atomic E-state index is 5.97. The van der Waals surface area contributed by atoms with Gasteiger partial charge in [-0.05, 0) is 26.8 Å². The molecule has 1 rings (SSSR count). The Hall–Kier alpha value is -0.310. The average molecular weight is 233 g/mol. The van der Waals surface area contributed by atoms with E-state index in [1.807, 2.05) is 0 Å². The number of rotatable bonds is 2. The molecular weight excluding hydrogens is 219 g/mol. The number of halogens is 2. The summed E-state index contributed by atoms with van der Waals surface area (Å²) in [4.78, 5) is 4.15. The van der Waals surface area contributed by atoms with Gasteiger partial charge in [-0.1, -0.05) is 23.2 Å². The van der Waals surface area contributed by atoms with Crippen molar-refractivity contribution >= 4 is 23.2 Å². The summed E-state index contributed by atoms with van der Waals surface area (Å²) in [5, 5.41) is 4.48. The first-order valence-corrected chi connectivity index (χ1v) is 5.19. The third kappa shape index (κ3) is 3.82. The van der Waals surface area contributed by atoms with Gasteiger partial charge in [0.25, 0.3) is 0 Å². The van der Waals surface area contributed by atoms with E-state index in [1.54, 1.807) is 12.3 Å². The Bertz CT molecular complexity index is 318. The summed E-state index contributed by atoms with van der Waals surface area (Å²) in [7, 11) is 0. The Kier molecular flexibility index (Phi) is 3.76. The standard InChI is InChI=1S/C10H14Cl2N2/c1-10(2,3)14-6-9-8(12)4-7(11)5-13-9/h4-5,14H,6H2,1-3H3. The Balaban J connectivity index is 2.68. The highest BCUT2D eigenvalue weighted by molar-refractivity contribution is 6.34. The number of nitrogens with one attached hydrogen (secondary N) is 1. The second kappa shape index (κ2) is 4.47. The summed E-state index contributed by atoms with van der Waals surface area (Å²) < 4.78 is 0. The fourth-order valence-corrected chi connectivity index (χ4v) is 1.37. The molecular formula is C10H14Cl2N2. The molecule has 2 nitrogen and oxygen atoms in total. The molecule has 0 fully saturated rings. The molecule has 0 radical (unpaired) electrons. The number of hydrogen-bond acceptors (Lipinski definition) is 2. The monoisotopic (exact) mass is 232 g/mol. The fourth-order valence-electron chi connectivity index (χ4n) is 0.922. The molecule has 0 aliphatic rings. The highest BCUT2D eigenvalue weighted by atomic mass is 35.5. The third-order valence-electron chi connectivity index (χ3n) is 1.67. The second-order valence-electron chi connectivity index (χ2n) is 4.19. The maximum Gasteiger partial charge on any atom is 0.0728 e. The molecule has 1 aromatic rings. The first kappa shape index (κ1) is 11.8. The van der Waals surface area contributed by atoms with Gasteiger partial charge in [0.1, 0.15) is 0 Å². The van der Waals surface area contributed by atoms with Gasteiger partial charge >= 0.3 is 0 Å². The predicted molar refractivity (Wildman–Crippen MR) is 60.8 cm³/mol. The van der Waals surface area contributed by atoms with Crippen LogP contribution in [0.3, 0.4) is 0 Å². The van der Waals surface area contributed by atoms with E-state index in [9.17, 15) is 0 Å². The SMILES string of the molecule is CC(C)(C)NCc1ncc(Cl)cc1Cl. The number of nitrogens with zero attached hydrogens (tertiary/aromatic N) is 1. The minimum absolute atomic E-state index is 0.0602. The van der Waals surface area contributed by atoms with Crippen LogP contribution in [0, 0.1) is 0 Å². The van der Waals surface area contributed by atoms with Gasteiger partial charge in [0.15, 0.2) is 0 Å². The summed E-state index contributed by atoms with van der Waals surface area (Å²) in [5.74, 6) is 0. The van der Waals surface area contributed by atoms with Crippen molar-refractivity contribution in [3.8, 4) is 0 Å². The topological polar surface area (TPSA) is 24.9 Å². The van der Waals surface area contributed by atoms with Crippen molar-refractivity contribution in [2.75, 3.05) is 0 Å². The van der Waals surface area contributed by atoms with Crippen LogP contribution in [0.2, 0.25) is 10.0 Å². The Morgan fingerprint density at radius 1 is 1.36 bits per heavy atom. The van der Waals surface area contributed by atoms with E-state index >= 15 is 0 Å². The molecule has 0 saturated heterocycles. The zero-order chi connectivity index (χ0) is 10.8. The van der Waals surface area contributed by atoms with E-state index in [0.29, 0.717) is 16.6 Å². The molecule has 0 unspecified atom stereocenters. The summed E-state index contributed by atoms with van der Waals surface area (Å²) in [6, 6.07) is 1.70. The number of hydrogen-bond donors (Lipinski definition) is 1. The minimum Gasteiger partial charge on any atom is -0.306 e. The summed E-state index contributed by atoms with van der Waals surface area (Å²) in [5.41, 5.74) is 0.885. The average Bonchev–Trinajstić information content (AvgIpc) is 2.00. The second-order valence-corrected chi connectivity index (χ2v) is 5.03. The smallest absolute Gasteiger partial charge is 0.0728 e. The van der Waals surface area contributed by atoms with Gasteiger partial charge in [0, 0.05) is 18.3 Å². The lowest BCUT2D eigenvalue weighted by atomic mass is 10.1. The van der Waals surface area contributed by atoms with Crippen LogP contribution in [-0.2, 0) is 6.54 Å². The van der Waals surface area contributed by atoms with Gasteiger partial charge < -0.3 is 5.32 Å². The molecule has 14 heavy (non-hydrogen) atoms. The van der Waals surface area contributed by atoms with Crippen molar-refractivity contribution in [1.82, 2.24) is 10.3 Å². The van der Waals surface area contributed by atoms with Gasteiger partial charge in [0.05, 0.1) is 15.7 Å². The molecule has 0 saturated carbocycles. The lowest BCUT2D eigenvalue weighted by Crippen LogP contribution is -2.35. The van der Waals surface area contributed by atoms with Crippen molar-refractivity contribution in [2.24, 2.45) is 0 Å². The Morgan fingerprint density at radius 3 is 2.50 bits per heavy atom. The van der Waals surface area contributed by atoms with Crippen molar-refractivity contribution in [3.63, 3.8) is 0 Å². The van der Waals surface area contributed by atoms with Gasteiger partial charge in [-0.25, -0.2) is 0 Å². The molecule has 1 aromatic heterocycles. The van der Waals surface area contributed by atoms with Crippen LogP contribution in [0.15, 0.2) is 12.3 Å². The zero-order valence-corrected chi connectivity index (χ0v) is 10.1. The normalized spacial score (nSPS) is 11.8. The van der Waals surface area contributed by atoms with Gasteiger partial charge in [-0.2, -0.15) is 0 Å². The lowest BCUT2D eigenvalue weighted by Gasteiger charge is -2.20. The van der Waals surface area contributed by atoms with Crippen molar-refractivity contribution in [3.05, 3.63) is 28.0 Å². The first-order valence-electron chi connectivity index (χ1n) is 4.43. The van der Waals surface area contributed by atoms with Gasteiger partial charge in [0.2, 0.25) is 0 Å². The molecule has 78 valence electrons. The van der Waals surface area contributed by atoms with Crippen LogP contribution >= 0.6 is 23.2 Å². The Labute approximate surface area is 94.6 Å². The number of aromatic nitrogens is 1. The van der Waals surface area contributed by atoms with Crippen molar-refractivity contribution in [1.29, 1.82) is 0 Å². The molecule has 0 amide bonds. The van der Waals surface area contributed by atoms with E-state index in [1.165, 1.54) is 0 Å². The van der Waals surface area contributed by atoms with Crippen LogP contribution < -0.4 is 5.32 Å². The van der Waals surface area contributed by atoms with E-state index in [4.69, 9.17) is 23.2 Å². The van der Waals surface area contributed by atoms with Crippen LogP contribution in [0.4, 0.5) is 0 Å².